The number of aromatic nitrogens is 3. The summed E-state index contributed by atoms with van der Waals surface area (Å²) in [4.78, 5) is 16.5. The summed E-state index contributed by atoms with van der Waals surface area (Å²) in [6.07, 6.45) is -6.38. The molecule has 4 saturated heterocycles. The maximum absolute atomic E-state index is 16.6. The van der Waals surface area contributed by atoms with Crippen molar-refractivity contribution in [1.82, 2.24) is 25.2 Å². The van der Waals surface area contributed by atoms with E-state index in [0.717, 1.165) is 18.9 Å². The molecule has 3 aromatic rings. The predicted molar refractivity (Wildman–Crippen MR) is 157 cm³/mol. The number of nitrogen functional groups attached to an aromatic ring is 1. The highest BCUT2D eigenvalue weighted by Gasteiger charge is 2.56. The van der Waals surface area contributed by atoms with Crippen LogP contribution in [0, 0.1) is 18.7 Å². The summed E-state index contributed by atoms with van der Waals surface area (Å²) in [7, 11) is 0. The van der Waals surface area contributed by atoms with Crippen molar-refractivity contribution in [2.24, 2.45) is 5.92 Å². The van der Waals surface area contributed by atoms with Crippen LogP contribution >= 0.6 is 11.6 Å². The molecule has 3 N–H and O–H groups in total. The fourth-order valence-electron chi connectivity index (χ4n) is 7.83. The molecule has 4 aliphatic rings. The first kappa shape index (κ1) is 31.4. The van der Waals surface area contributed by atoms with Crippen LogP contribution in [0.25, 0.3) is 22.2 Å². The monoisotopic (exact) mass is 673 g/mol. The molecule has 2 bridgehead atoms. The number of anilines is 2. The lowest BCUT2D eigenvalue weighted by molar-refractivity contribution is -0.171. The van der Waals surface area contributed by atoms with E-state index in [1.807, 2.05) is 4.90 Å². The maximum Gasteiger partial charge on any atom is 0.418 e. The molecule has 8 nitrogen and oxygen atoms in total. The van der Waals surface area contributed by atoms with E-state index >= 15 is 4.39 Å². The Morgan fingerprint density at radius 3 is 2.46 bits per heavy atom. The van der Waals surface area contributed by atoms with Gasteiger partial charge in [-0.2, -0.15) is 36.3 Å². The second-order valence-electron chi connectivity index (χ2n) is 12.9. The molecule has 0 amide bonds. The summed E-state index contributed by atoms with van der Waals surface area (Å²) >= 11 is 6.54. The van der Waals surface area contributed by atoms with E-state index in [9.17, 15) is 26.3 Å². The van der Waals surface area contributed by atoms with E-state index in [1.54, 1.807) is 4.90 Å². The van der Waals surface area contributed by atoms with Gasteiger partial charge in [-0.3, -0.25) is 4.90 Å². The van der Waals surface area contributed by atoms with Crippen molar-refractivity contribution in [3.63, 3.8) is 0 Å². The second-order valence-corrected chi connectivity index (χ2v) is 13.3. The topological polar surface area (TPSA) is 92.4 Å². The molecule has 16 heteroatoms. The lowest BCUT2D eigenvalue weighted by Gasteiger charge is -2.35. The number of alkyl halides is 6. The number of nitrogens with zero attached hydrogens (tertiary/aromatic N) is 5. The number of fused-ring (bicyclic) bond motifs is 4. The zero-order chi connectivity index (χ0) is 32.8. The molecule has 7 rings (SSSR count). The second kappa shape index (κ2) is 10.9. The van der Waals surface area contributed by atoms with Gasteiger partial charge in [0.2, 0.25) is 0 Å². The number of piperazine rings is 1. The summed E-state index contributed by atoms with van der Waals surface area (Å²) in [5, 5.41) is 3.32. The third-order valence-electron chi connectivity index (χ3n) is 9.86. The molecule has 6 heterocycles. The largest absolute Gasteiger partial charge is 0.461 e. The molecular weight excluding hydrogens is 643 g/mol. The Labute approximate surface area is 264 Å². The molecule has 0 saturated carbocycles. The lowest BCUT2D eigenvalue weighted by atomic mass is 9.90. The van der Waals surface area contributed by atoms with Crippen molar-refractivity contribution in [3.8, 4) is 17.3 Å². The van der Waals surface area contributed by atoms with Crippen molar-refractivity contribution < 1.29 is 35.5 Å². The van der Waals surface area contributed by atoms with Crippen molar-refractivity contribution in [3.05, 3.63) is 34.1 Å². The Morgan fingerprint density at radius 1 is 1.07 bits per heavy atom. The van der Waals surface area contributed by atoms with Crippen molar-refractivity contribution in [1.29, 1.82) is 0 Å². The van der Waals surface area contributed by atoms with Crippen LogP contribution in [0.3, 0.4) is 0 Å². The minimum absolute atomic E-state index is 0.134. The summed E-state index contributed by atoms with van der Waals surface area (Å²) in [5.41, 5.74) is 1.71. The quantitative estimate of drug-likeness (QED) is 0.313. The van der Waals surface area contributed by atoms with Gasteiger partial charge in [-0.15, -0.1) is 0 Å². The van der Waals surface area contributed by atoms with Gasteiger partial charge in [-0.05, 0) is 63.3 Å². The minimum Gasteiger partial charge on any atom is -0.461 e. The predicted octanol–water partition coefficient (Wildman–Crippen LogP) is 6.13. The summed E-state index contributed by atoms with van der Waals surface area (Å²) in [5.74, 6) is -2.65. The number of nitrogens with two attached hydrogens (primary N) is 1. The van der Waals surface area contributed by atoms with Gasteiger partial charge in [0.1, 0.15) is 23.8 Å². The molecule has 4 aliphatic heterocycles. The van der Waals surface area contributed by atoms with Gasteiger partial charge >= 0.3 is 18.4 Å². The molecular formula is C30H31ClF7N7O. The maximum atomic E-state index is 16.6. The number of rotatable bonds is 5. The van der Waals surface area contributed by atoms with Gasteiger partial charge < -0.3 is 20.7 Å². The van der Waals surface area contributed by atoms with E-state index < -0.39 is 46.4 Å². The molecule has 1 aromatic carbocycles. The Balaban J connectivity index is 1.35. The first-order chi connectivity index (χ1) is 21.6. The van der Waals surface area contributed by atoms with Crippen LogP contribution in [0.2, 0.25) is 5.02 Å². The van der Waals surface area contributed by atoms with E-state index in [0.29, 0.717) is 32.5 Å². The van der Waals surface area contributed by atoms with Crippen LogP contribution in [0.15, 0.2) is 12.1 Å². The summed E-state index contributed by atoms with van der Waals surface area (Å²) in [6, 6.07) is 2.36. The van der Waals surface area contributed by atoms with Crippen LogP contribution in [0.5, 0.6) is 6.01 Å². The Bertz CT molecular complexity index is 1690. The number of hydrogen-bond acceptors (Lipinski definition) is 8. The highest BCUT2D eigenvalue weighted by atomic mass is 35.5. The average molecular weight is 674 g/mol. The molecule has 0 radical (unpaired) electrons. The van der Waals surface area contributed by atoms with Gasteiger partial charge in [-0.1, -0.05) is 11.6 Å². The molecule has 0 spiro atoms. The van der Waals surface area contributed by atoms with E-state index in [-0.39, 0.29) is 70.8 Å². The smallest absolute Gasteiger partial charge is 0.418 e. The fraction of sp³-hybridized carbons (Fsp3) is 0.567. The molecule has 4 fully saturated rings. The molecule has 2 unspecified atom stereocenters. The minimum atomic E-state index is -4.90. The Kier molecular flexibility index (Phi) is 7.48. The molecule has 46 heavy (non-hydrogen) atoms. The van der Waals surface area contributed by atoms with Crippen LogP contribution in [-0.2, 0) is 6.18 Å². The van der Waals surface area contributed by atoms with Crippen molar-refractivity contribution in [2.75, 3.05) is 43.4 Å². The molecule has 248 valence electrons. The van der Waals surface area contributed by atoms with Crippen molar-refractivity contribution >= 4 is 34.1 Å². The number of nitrogens with one attached hydrogen (secondary N) is 1. The standard InChI is InChI=1S/C30H31ClF7N7O/c1-14-7-20(39)41-25(22(14)30(36,37)38)21-19(31)8-18-24(23(21)32)42-27(43-26(18)44-11-16-3-4-17(12-44)40-16)46-13-28-5-2-6-45(28)10-15(9-28)29(33,34)35/h7-8,15-17,40H,2-6,9-13H2,1H3,(H2,39,41)/t15-,16?,17?,28+/m1/s1. The number of pyridine rings is 1. The van der Waals surface area contributed by atoms with Crippen LogP contribution < -0.4 is 20.7 Å². The number of hydrogen-bond donors (Lipinski definition) is 2. The van der Waals surface area contributed by atoms with E-state index in [4.69, 9.17) is 22.1 Å². The summed E-state index contributed by atoms with van der Waals surface area (Å²) in [6.45, 7) is 2.43. The van der Waals surface area contributed by atoms with Crippen LogP contribution in [0.4, 0.5) is 42.4 Å². The first-order valence-electron chi connectivity index (χ1n) is 15.1. The lowest BCUT2D eigenvalue weighted by Crippen LogP contribution is -2.51. The third kappa shape index (κ3) is 5.37. The normalized spacial score (nSPS) is 26.7. The zero-order valence-electron chi connectivity index (χ0n) is 24.7. The third-order valence-corrected chi connectivity index (χ3v) is 10.2. The highest BCUT2D eigenvalue weighted by molar-refractivity contribution is 6.34. The average Bonchev–Trinajstić information content (AvgIpc) is 3.62. The zero-order valence-corrected chi connectivity index (χ0v) is 25.5. The van der Waals surface area contributed by atoms with Gasteiger partial charge in [0.15, 0.2) is 5.82 Å². The molecule has 4 atom stereocenters. The Morgan fingerprint density at radius 2 is 1.78 bits per heavy atom. The highest BCUT2D eigenvalue weighted by Crippen LogP contribution is 2.48. The number of ether oxygens (including phenoxy) is 1. The molecule has 2 aromatic heterocycles. The van der Waals surface area contributed by atoms with E-state index in [2.05, 4.69) is 20.3 Å². The number of aryl methyl sites for hydroxylation is 1. The van der Waals surface area contributed by atoms with Gasteiger partial charge in [-0.25, -0.2) is 9.37 Å². The van der Waals surface area contributed by atoms with Crippen molar-refractivity contribution in [2.45, 2.75) is 69.0 Å². The van der Waals surface area contributed by atoms with Gasteiger partial charge in [0.25, 0.3) is 0 Å². The first-order valence-corrected chi connectivity index (χ1v) is 15.5. The number of halogens is 8. The van der Waals surface area contributed by atoms with Gasteiger partial charge in [0, 0.05) is 37.1 Å². The summed E-state index contributed by atoms with van der Waals surface area (Å²) < 4.78 is 106. The van der Waals surface area contributed by atoms with E-state index in [1.165, 1.54) is 13.0 Å². The Hall–Kier alpha value is -3.17. The number of benzene rings is 1. The van der Waals surface area contributed by atoms with Gasteiger partial charge in [0.05, 0.1) is 33.3 Å². The fourth-order valence-corrected chi connectivity index (χ4v) is 8.11. The molecule has 0 aliphatic carbocycles. The van der Waals surface area contributed by atoms with Crippen LogP contribution in [0.1, 0.15) is 43.2 Å². The SMILES string of the molecule is Cc1cc(N)nc(-c2c(Cl)cc3c(N4CC5CCC(C4)N5)nc(OC[C@@]45CCCN4C[C@H](C(F)(F)F)C5)nc3c2F)c1C(F)(F)F. The van der Waals surface area contributed by atoms with Crippen LogP contribution in [-0.4, -0.2) is 76.4 Å².